The van der Waals surface area contributed by atoms with Gasteiger partial charge in [-0.3, -0.25) is 0 Å². The van der Waals surface area contributed by atoms with Crippen molar-refractivity contribution in [2.75, 3.05) is 23.8 Å². The molecule has 19 heavy (non-hydrogen) atoms. The van der Waals surface area contributed by atoms with Crippen LogP contribution >= 0.6 is 0 Å². The summed E-state index contributed by atoms with van der Waals surface area (Å²) in [6, 6.07) is 1.97. The largest absolute Gasteiger partial charge is 0.376 e. The molecular weight excluding hydrogens is 240 g/mol. The van der Waals surface area contributed by atoms with Gasteiger partial charge in [-0.1, -0.05) is 6.92 Å². The van der Waals surface area contributed by atoms with Crippen LogP contribution in [0.15, 0.2) is 6.07 Å². The average molecular weight is 264 g/mol. The number of aryl methyl sites for hydroxylation is 1. The molecule has 0 aliphatic carbocycles. The van der Waals surface area contributed by atoms with Crippen LogP contribution in [0.5, 0.6) is 0 Å². The molecule has 1 aromatic rings. The zero-order valence-corrected chi connectivity index (χ0v) is 12.3. The van der Waals surface area contributed by atoms with Crippen LogP contribution in [0.25, 0.3) is 0 Å². The molecule has 1 aliphatic heterocycles. The van der Waals surface area contributed by atoms with Crippen LogP contribution in [-0.4, -0.2) is 34.8 Å². The molecule has 2 heterocycles. The second kappa shape index (κ2) is 5.74. The summed E-state index contributed by atoms with van der Waals surface area (Å²) < 4.78 is 5.64. The minimum atomic E-state index is -0.0528. The maximum atomic E-state index is 5.64. The molecule has 1 fully saturated rings. The Balaban J connectivity index is 2.13. The number of ether oxygens (including phenoxy) is 1. The van der Waals surface area contributed by atoms with Gasteiger partial charge in [0.25, 0.3) is 0 Å². The molecule has 0 saturated carbocycles. The molecule has 2 atom stereocenters. The fourth-order valence-corrected chi connectivity index (χ4v) is 2.27. The Morgan fingerprint density at radius 1 is 1.42 bits per heavy atom. The zero-order chi connectivity index (χ0) is 13.9. The highest BCUT2D eigenvalue weighted by Crippen LogP contribution is 2.29. The summed E-state index contributed by atoms with van der Waals surface area (Å²) in [5, 5.41) is 6.81. The van der Waals surface area contributed by atoms with Crippen LogP contribution in [-0.2, 0) is 4.74 Å². The molecule has 5 nitrogen and oxygen atoms in total. The van der Waals surface area contributed by atoms with Crippen LogP contribution in [0.1, 0.15) is 39.4 Å². The van der Waals surface area contributed by atoms with E-state index in [9.17, 15) is 0 Å². The minimum Gasteiger partial charge on any atom is -0.376 e. The predicted molar refractivity (Wildman–Crippen MR) is 77.6 cm³/mol. The maximum Gasteiger partial charge on any atom is 0.132 e. The second-order valence-electron chi connectivity index (χ2n) is 5.42. The van der Waals surface area contributed by atoms with Gasteiger partial charge in [0.05, 0.1) is 11.6 Å². The Morgan fingerprint density at radius 3 is 2.79 bits per heavy atom. The van der Waals surface area contributed by atoms with E-state index in [4.69, 9.17) is 4.74 Å². The standard InChI is InChI=1S/C14H24N4O/c1-5-7-15-12-9-13(17-11(3)16-12)18-14(4)6-8-19-10(14)2/h9-10H,5-8H2,1-4H3,(H2,15,16,17,18). The van der Waals surface area contributed by atoms with E-state index in [0.29, 0.717) is 0 Å². The van der Waals surface area contributed by atoms with Crippen molar-refractivity contribution < 1.29 is 4.74 Å². The van der Waals surface area contributed by atoms with E-state index in [1.165, 1.54) is 0 Å². The lowest BCUT2D eigenvalue weighted by molar-refractivity contribution is 0.105. The van der Waals surface area contributed by atoms with E-state index in [1.807, 2.05) is 13.0 Å². The number of hydrogen-bond donors (Lipinski definition) is 2. The number of hydrogen-bond acceptors (Lipinski definition) is 5. The molecule has 0 bridgehead atoms. The van der Waals surface area contributed by atoms with Gasteiger partial charge in [-0.05, 0) is 33.6 Å². The minimum absolute atomic E-state index is 0.0528. The van der Waals surface area contributed by atoms with Crippen molar-refractivity contribution in [1.29, 1.82) is 0 Å². The first kappa shape index (κ1) is 14.1. The zero-order valence-electron chi connectivity index (χ0n) is 12.3. The SMILES string of the molecule is CCCNc1cc(NC2(C)CCOC2C)nc(C)n1. The molecule has 2 rings (SSSR count). The quantitative estimate of drug-likeness (QED) is 0.856. The molecule has 2 unspecified atom stereocenters. The van der Waals surface area contributed by atoms with Crippen molar-refractivity contribution in [3.63, 3.8) is 0 Å². The summed E-state index contributed by atoms with van der Waals surface area (Å²) in [5.41, 5.74) is -0.0528. The van der Waals surface area contributed by atoms with E-state index in [0.717, 1.165) is 43.5 Å². The Labute approximate surface area is 115 Å². The van der Waals surface area contributed by atoms with Crippen LogP contribution < -0.4 is 10.6 Å². The maximum absolute atomic E-state index is 5.64. The number of nitrogens with zero attached hydrogens (tertiary/aromatic N) is 2. The Hall–Kier alpha value is -1.36. The fraction of sp³-hybridized carbons (Fsp3) is 0.714. The van der Waals surface area contributed by atoms with Gasteiger partial charge in [-0.15, -0.1) is 0 Å². The highest BCUT2D eigenvalue weighted by atomic mass is 16.5. The van der Waals surface area contributed by atoms with Crippen molar-refractivity contribution in [3.8, 4) is 0 Å². The van der Waals surface area contributed by atoms with Gasteiger partial charge in [-0.2, -0.15) is 0 Å². The topological polar surface area (TPSA) is 59.1 Å². The van der Waals surface area contributed by atoms with Gasteiger partial charge in [0.15, 0.2) is 0 Å². The normalized spacial score (nSPS) is 26.4. The lowest BCUT2D eigenvalue weighted by Crippen LogP contribution is -2.41. The molecule has 0 spiro atoms. The lowest BCUT2D eigenvalue weighted by Gasteiger charge is -2.29. The summed E-state index contributed by atoms with van der Waals surface area (Å²) in [4.78, 5) is 8.86. The van der Waals surface area contributed by atoms with Crippen molar-refractivity contribution in [2.24, 2.45) is 0 Å². The van der Waals surface area contributed by atoms with E-state index in [1.54, 1.807) is 0 Å². The highest BCUT2D eigenvalue weighted by Gasteiger charge is 2.37. The molecule has 1 saturated heterocycles. The lowest BCUT2D eigenvalue weighted by atomic mass is 9.95. The molecule has 0 amide bonds. The van der Waals surface area contributed by atoms with Crippen LogP contribution in [0.2, 0.25) is 0 Å². The van der Waals surface area contributed by atoms with E-state index >= 15 is 0 Å². The Morgan fingerprint density at radius 2 is 2.16 bits per heavy atom. The first-order valence-electron chi connectivity index (χ1n) is 7.03. The summed E-state index contributed by atoms with van der Waals surface area (Å²) in [5.74, 6) is 2.52. The summed E-state index contributed by atoms with van der Waals surface area (Å²) in [6.45, 7) is 10.1. The fourth-order valence-electron chi connectivity index (χ4n) is 2.27. The van der Waals surface area contributed by atoms with Gasteiger partial charge in [0.2, 0.25) is 0 Å². The van der Waals surface area contributed by atoms with Gasteiger partial charge in [-0.25, -0.2) is 9.97 Å². The molecular formula is C14H24N4O. The van der Waals surface area contributed by atoms with Crippen LogP contribution in [0, 0.1) is 6.92 Å². The first-order valence-corrected chi connectivity index (χ1v) is 7.03. The Bertz CT molecular complexity index is 437. The van der Waals surface area contributed by atoms with Gasteiger partial charge < -0.3 is 15.4 Å². The third kappa shape index (κ3) is 3.35. The van der Waals surface area contributed by atoms with Gasteiger partial charge >= 0.3 is 0 Å². The van der Waals surface area contributed by atoms with Gasteiger partial charge in [0, 0.05) is 19.2 Å². The summed E-state index contributed by atoms with van der Waals surface area (Å²) in [7, 11) is 0. The van der Waals surface area contributed by atoms with Crippen LogP contribution in [0.3, 0.4) is 0 Å². The molecule has 106 valence electrons. The molecule has 0 radical (unpaired) electrons. The predicted octanol–water partition coefficient (Wildman–Crippen LogP) is 2.59. The van der Waals surface area contributed by atoms with E-state index in [-0.39, 0.29) is 11.6 Å². The van der Waals surface area contributed by atoms with Gasteiger partial charge in [0.1, 0.15) is 17.5 Å². The highest BCUT2D eigenvalue weighted by molar-refractivity contribution is 5.49. The molecule has 5 heteroatoms. The third-order valence-corrected chi connectivity index (χ3v) is 3.69. The molecule has 1 aliphatic rings. The van der Waals surface area contributed by atoms with E-state index < -0.39 is 0 Å². The molecule has 0 aromatic carbocycles. The van der Waals surface area contributed by atoms with Crippen LogP contribution in [0.4, 0.5) is 11.6 Å². The number of aromatic nitrogens is 2. The average Bonchev–Trinajstić information content (AvgIpc) is 2.66. The summed E-state index contributed by atoms with van der Waals surface area (Å²) >= 11 is 0. The third-order valence-electron chi connectivity index (χ3n) is 3.69. The van der Waals surface area contributed by atoms with Crippen molar-refractivity contribution in [1.82, 2.24) is 9.97 Å². The number of nitrogens with one attached hydrogen (secondary N) is 2. The number of rotatable bonds is 5. The molecule has 1 aromatic heterocycles. The van der Waals surface area contributed by atoms with Crippen molar-refractivity contribution >= 4 is 11.6 Å². The van der Waals surface area contributed by atoms with E-state index in [2.05, 4.69) is 41.4 Å². The smallest absolute Gasteiger partial charge is 0.132 e. The second-order valence-corrected chi connectivity index (χ2v) is 5.42. The summed E-state index contributed by atoms with van der Waals surface area (Å²) in [6.07, 6.45) is 2.26. The molecule has 2 N–H and O–H groups in total. The monoisotopic (exact) mass is 264 g/mol. The number of anilines is 2. The Kier molecular flexibility index (Phi) is 4.24. The first-order chi connectivity index (χ1) is 9.03. The van der Waals surface area contributed by atoms with Crippen molar-refractivity contribution in [2.45, 2.75) is 52.2 Å². The van der Waals surface area contributed by atoms with Crippen molar-refractivity contribution in [3.05, 3.63) is 11.9 Å².